The summed E-state index contributed by atoms with van der Waals surface area (Å²) in [5.74, 6) is -1.21. The van der Waals surface area contributed by atoms with Gasteiger partial charge >= 0.3 is 0 Å². The summed E-state index contributed by atoms with van der Waals surface area (Å²) < 4.78 is 50.9. The van der Waals surface area contributed by atoms with Gasteiger partial charge in [-0.15, -0.1) is 0 Å². The van der Waals surface area contributed by atoms with Crippen molar-refractivity contribution in [2.75, 3.05) is 66.1 Å². The summed E-state index contributed by atoms with van der Waals surface area (Å²) in [5.41, 5.74) is 1.02. The summed E-state index contributed by atoms with van der Waals surface area (Å²) in [6.45, 7) is 10.2. The smallest absolute Gasteiger partial charge is 0.163 e. The van der Waals surface area contributed by atoms with Crippen LogP contribution in [-0.2, 0) is 49.2 Å². The molecule has 0 aromatic heterocycles. The van der Waals surface area contributed by atoms with Gasteiger partial charge in [0.1, 0.15) is 30.5 Å². The Balaban J connectivity index is 1.31. The van der Waals surface area contributed by atoms with Gasteiger partial charge in [0.05, 0.1) is 72.7 Å². The second kappa shape index (κ2) is 16.3. The predicted molar refractivity (Wildman–Crippen MR) is 140 cm³/mol. The van der Waals surface area contributed by atoms with E-state index in [9.17, 15) is 10.2 Å². The van der Waals surface area contributed by atoms with Gasteiger partial charge in [-0.25, -0.2) is 0 Å². The number of aliphatic hydroxyl groups excluding tert-OH is 2. The lowest BCUT2D eigenvalue weighted by molar-refractivity contribution is -0.147. The van der Waals surface area contributed by atoms with Gasteiger partial charge in [0.2, 0.25) is 0 Å². The Bertz CT molecular complexity index is 747. The molecule has 4 unspecified atom stereocenters. The van der Waals surface area contributed by atoms with Crippen LogP contribution < -0.4 is 0 Å². The lowest BCUT2D eigenvalue weighted by Gasteiger charge is -2.21. The maximum atomic E-state index is 10.2. The van der Waals surface area contributed by atoms with Crippen molar-refractivity contribution in [1.82, 2.24) is 0 Å². The van der Waals surface area contributed by atoms with Crippen LogP contribution in [0.5, 0.6) is 0 Å². The van der Waals surface area contributed by atoms with E-state index in [1.54, 1.807) is 0 Å². The van der Waals surface area contributed by atoms with Gasteiger partial charge < -0.3 is 52.8 Å². The maximum Gasteiger partial charge on any atom is 0.163 e. The van der Waals surface area contributed by atoms with Crippen molar-refractivity contribution in [2.45, 2.75) is 76.4 Å². The highest BCUT2D eigenvalue weighted by Crippen LogP contribution is 2.23. The van der Waals surface area contributed by atoms with Crippen LogP contribution in [-0.4, -0.2) is 118 Å². The average Bonchev–Trinajstić information content (AvgIpc) is 3.42. The normalized spacial score (nSPS) is 24.6. The third kappa shape index (κ3) is 13.3. The zero-order chi connectivity index (χ0) is 28.1. The van der Waals surface area contributed by atoms with Crippen LogP contribution in [0, 0.1) is 0 Å². The largest absolute Gasteiger partial charge is 0.388 e. The summed E-state index contributed by atoms with van der Waals surface area (Å²) >= 11 is 0. The monoisotopic (exact) mass is 558 g/mol. The number of rotatable bonds is 19. The fraction of sp³-hybridized carbons (Fsp3) is 0.786. The van der Waals surface area contributed by atoms with Crippen LogP contribution in [0.2, 0.25) is 0 Å². The van der Waals surface area contributed by atoms with Crippen molar-refractivity contribution in [3.8, 4) is 0 Å². The second-order valence-electron chi connectivity index (χ2n) is 10.8. The number of benzene rings is 1. The first-order chi connectivity index (χ1) is 18.6. The Labute approximate surface area is 231 Å². The van der Waals surface area contributed by atoms with E-state index in [-0.39, 0.29) is 51.8 Å². The molecule has 11 heteroatoms. The lowest BCUT2D eigenvalue weighted by atomic mass is 10.2. The molecule has 2 saturated heterocycles. The fourth-order valence-corrected chi connectivity index (χ4v) is 4.06. The highest BCUT2D eigenvalue weighted by Gasteiger charge is 2.33. The van der Waals surface area contributed by atoms with Gasteiger partial charge in [-0.05, 0) is 33.3 Å². The first-order valence-corrected chi connectivity index (χ1v) is 13.6. The molecule has 0 bridgehead atoms. The first kappa shape index (κ1) is 32.3. The van der Waals surface area contributed by atoms with Gasteiger partial charge in [-0.1, -0.05) is 30.3 Å². The van der Waals surface area contributed by atoms with E-state index in [1.165, 1.54) is 0 Å². The molecule has 0 spiro atoms. The van der Waals surface area contributed by atoms with Crippen LogP contribution in [0.4, 0.5) is 0 Å². The van der Waals surface area contributed by atoms with E-state index in [0.29, 0.717) is 33.0 Å². The molecule has 1 aromatic rings. The molecule has 2 N–H and O–H groups in total. The van der Waals surface area contributed by atoms with E-state index in [4.69, 9.17) is 42.6 Å². The summed E-state index contributed by atoms with van der Waals surface area (Å²) in [7, 11) is 0. The van der Waals surface area contributed by atoms with Crippen molar-refractivity contribution >= 4 is 0 Å². The van der Waals surface area contributed by atoms with E-state index in [2.05, 4.69) is 0 Å². The van der Waals surface area contributed by atoms with E-state index in [0.717, 1.165) is 5.56 Å². The number of aliphatic hydroxyl groups is 2. The summed E-state index contributed by atoms with van der Waals surface area (Å²) in [6.07, 6.45) is -2.30. The van der Waals surface area contributed by atoms with Gasteiger partial charge in [0.15, 0.2) is 11.6 Å². The highest BCUT2D eigenvalue weighted by atomic mass is 16.8. The Morgan fingerprint density at radius 3 is 1.62 bits per heavy atom. The van der Waals surface area contributed by atoms with Crippen LogP contribution in [0.15, 0.2) is 30.3 Å². The van der Waals surface area contributed by atoms with E-state index < -0.39 is 29.9 Å². The second-order valence-corrected chi connectivity index (χ2v) is 10.8. The van der Waals surface area contributed by atoms with E-state index >= 15 is 0 Å². The molecule has 1 aromatic carbocycles. The van der Waals surface area contributed by atoms with Crippen LogP contribution in [0.1, 0.15) is 33.3 Å². The molecule has 4 atom stereocenters. The third-order valence-corrected chi connectivity index (χ3v) is 5.92. The minimum atomic E-state index is -0.796. The van der Waals surface area contributed by atoms with Crippen LogP contribution in [0.3, 0.4) is 0 Å². The van der Waals surface area contributed by atoms with Crippen molar-refractivity contribution in [3.05, 3.63) is 35.9 Å². The molecular weight excluding hydrogens is 512 g/mol. The molecule has 2 aliphatic heterocycles. The molecule has 2 aliphatic rings. The molecule has 0 saturated carbocycles. The third-order valence-electron chi connectivity index (χ3n) is 5.92. The van der Waals surface area contributed by atoms with Crippen molar-refractivity contribution in [1.29, 1.82) is 0 Å². The van der Waals surface area contributed by atoms with Crippen LogP contribution in [0.25, 0.3) is 0 Å². The zero-order valence-electron chi connectivity index (χ0n) is 23.6. The lowest BCUT2D eigenvalue weighted by Crippen LogP contribution is -2.32. The van der Waals surface area contributed by atoms with Gasteiger partial charge in [0.25, 0.3) is 0 Å². The number of hydrogen-bond acceptors (Lipinski definition) is 11. The Kier molecular flexibility index (Phi) is 13.5. The molecule has 39 heavy (non-hydrogen) atoms. The van der Waals surface area contributed by atoms with Crippen molar-refractivity contribution in [3.63, 3.8) is 0 Å². The molecule has 0 aliphatic carbocycles. The molecule has 2 heterocycles. The molecule has 0 radical (unpaired) electrons. The molecule has 2 fully saturated rings. The van der Waals surface area contributed by atoms with Crippen LogP contribution >= 0.6 is 0 Å². The molecule has 11 nitrogen and oxygen atoms in total. The average molecular weight is 559 g/mol. The Hall–Kier alpha value is -1.22. The molecule has 224 valence electrons. The van der Waals surface area contributed by atoms with Gasteiger partial charge in [-0.2, -0.15) is 0 Å². The summed E-state index contributed by atoms with van der Waals surface area (Å²) in [5, 5.41) is 20.5. The predicted octanol–water partition coefficient (Wildman–Crippen LogP) is 1.66. The zero-order valence-corrected chi connectivity index (χ0v) is 23.6. The minimum Gasteiger partial charge on any atom is -0.388 e. The summed E-state index contributed by atoms with van der Waals surface area (Å²) in [6, 6.07) is 9.78. The van der Waals surface area contributed by atoms with Gasteiger partial charge in [-0.3, -0.25) is 0 Å². The fourth-order valence-electron chi connectivity index (χ4n) is 4.06. The SMILES string of the molecule is CC1(C)OCC(COCC(O)COCC(COCC(O)COCC2COC(C)(C)O2)OCc2ccccc2)O1. The summed E-state index contributed by atoms with van der Waals surface area (Å²) in [4.78, 5) is 0. The Morgan fingerprint density at radius 2 is 1.18 bits per heavy atom. The minimum absolute atomic E-state index is 0.0823. The first-order valence-electron chi connectivity index (χ1n) is 13.6. The molecule has 0 amide bonds. The number of hydrogen-bond donors (Lipinski definition) is 2. The topological polar surface area (TPSA) is 124 Å². The van der Waals surface area contributed by atoms with Crippen molar-refractivity contribution in [2.24, 2.45) is 0 Å². The Morgan fingerprint density at radius 1 is 0.718 bits per heavy atom. The standard InChI is InChI=1S/C28H46O11/c1-27(2)36-19-25(38-27)17-33-13-22(29)11-31-15-24(35-10-21-8-6-5-7-9-21)16-32-12-23(30)14-34-18-26-20-37-28(3,4)39-26/h5-9,22-26,29-30H,10-20H2,1-4H3. The molecular formula is C28H46O11. The maximum absolute atomic E-state index is 10.2. The molecule has 3 rings (SSSR count). The number of ether oxygens (including phenoxy) is 9. The van der Waals surface area contributed by atoms with E-state index in [1.807, 2.05) is 58.0 Å². The van der Waals surface area contributed by atoms with Crippen molar-refractivity contribution < 1.29 is 52.8 Å². The van der Waals surface area contributed by atoms with Gasteiger partial charge in [0, 0.05) is 0 Å². The highest BCUT2D eigenvalue weighted by molar-refractivity contribution is 5.13. The quantitative estimate of drug-likeness (QED) is 0.258.